The average molecular weight is 300 g/mol. The minimum absolute atomic E-state index is 0.155. The summed E-state index contributed by atoms with van der Waals surface area (Å²) in [6.07, 6.45) is -0.297. The van der Waals surface area contributed by atoms with Crippen molar-refractivity contribution in [3.05, 3.63) is 11.4 Å². The van der Waals surface area contributed by atoms with Crippen molar-refractivity contribution in [3.8, 4) is 0 Å². The Kier molecular flexibility index (Phi) is 7.06. The van der Waals surface area contributed by atoms with Crippen LogP contribution in [0.15, 0.2) is 5.16 Å². The Balaban J connectivity index is 2.61. The largest absolute Gasteiger partial charge is 0.390 e. The summed E-state index contributed by atoms with van der Waals surface area (Å²) in [6, 6.07) is 0. The molecule has 4 nitrogen and oxygen atoms in total. The predicted octanol–water partition coefficient (Wildman–Crippen LogP) is 3.03. The SMILES string of the molecule is Cc1nc(SCC(O)COC(C)C)n(CC(C)C)c1C. The van der Waals surface area contributed by atoms with Gasteiger partial charge in [0.05, 0.1) is 24.5 Å². The Hall–Kier alpha value is -0.520. The number of hydrogen-bond acceptors (Lipinski definition) is 4. The maximum Gasteiger partial charge on any atom is 0.168 e. The van der Waals surface area contributed by atoms with Crippen LogP contribution in [0.1, 0.15) is 39.1 Å². The molecule has 0 fully saturated rings. The normalized spacial score (nSPS) is 13.4. The van der Waals surface area contributed by atoms with Gasteiger partial charge in [0, 0.05) is 18.0 Å². The van der Waals surface area contributed by atoms with E-state index in [0.29, 0.717) is 18.3 Å². The standard InChI is InChI=1S/C15H28N2O2S/c1-10(2)7-17-13(6)12(5)16-15(17)20-9-14(18)8-19-11(3)4/h10-11,14,18H,7-9H2,1-6H3. The third-order valence-corrected chi connectivity index (χ3v) is 4.12. The van der Waals surface area contributed by atoms with Crippen LogP contribution in [0, 0.1) is 19.8 Å². The van der Waals surface area contributed by atoms with Crippen molar-refractivity contribution in [3.63, 3.8) is 0 Å². The third kappa shape index (κ3) is 5.46. The highest BCUT2D eigenvalue weighted by molar-refractivity contribution is 7.99. The predicted molar refractivity (Wildman–Crippen MR) is 84.4 cm³/mol. The van der Waals surface area contributed by atoms with Crippen LogP contribution in [0.5, 0.6) is 0 Å². The molecule has 116 valence electrons. The second-order valence-corrected chi connectivity index (χ2v) is 6.90. The van der Waals surface area contributed by atoms with E-state index in [2.05, 4.69) is 30.3 Å². The number of nitrogens with zero attached hydrogens (tertiary/aromatic N) is 2. The lowest BCUT2D eigenvalue weighted by Crippen LogP contribution is -2.21. The molecule has 0 aliphatic carbocycles. The fourth-order valence-electron chi connectivity index (χ4n) is 1.84. The van der Waals surface area contributed by atoms with Gasteiger partial charge in [0.1, 0.15) is 0 Å². The summed E-state index contributed by atoms with van der Waals surface area (Å²) < 4.78 is 7.68. The molecule has 1 aromatic rings. The Morgan fingerprint density at radius 3 is 2.45 bits per heavy atom. The van der Waals surface area contributed by atoms with Gasteiger partial charge in [0.25, 0.3) is 0 Å². The summed E-state index contributed by atoms with van der Waals surface area (Å²) in [7, 11) is 0. The minimum atomic E-state index is -0.452. The number of aliphatic hydroxyl groups excluding tert-OH is 1. The molecule has 0 bridgehead atoms. The van der Waals surface area contributed by atoms with Crippen LogP contribution in [0.2, 0.25) is 0 Å². The van der Waals surface area contributed by atoms with Crippen LogP contribution in [0.4, 0.5) is 0 Å². The van der Waals surface area contributed by atoms with Gasteiger partial charge in [0.15, 0.2) is 5.16 Å². The lowest BCUT2D eigenvalue weighted by Gasteiger charge is -2.15. The molecule has 0 saturated carbocycles. The molecule has 1 atom stereocenters. The Morgan fingerprint density at radius 1 is 1.25 bits per heavy atom. The van der Waals surface area contributed by atoms with Crippen LogP contribution >= 0.6 is 11.8 Å². The molecule has 1 unspecified atom stereocenters. The Bertz CT molecular complexity index is 416. The van der Waals surface area contributed by atoms with E-state index in [9.17, 15) is 5.11 Å². The zero-order valence-corrected chi connectivity index (χ0v) is 14.3. The average Bonchev–Trinajstić information content (AvgIpc) is 2.61. The first-order valence-corrected chi connectivity index (χ1v) is 8.26. The number of imidazole rings is 1. The summed E-state index contributed by atoms with van der Waals surface area (Å²) in [5, 5.41) is 10.9. The molecule has 0 aromatic carbocycles. The monoisotopic (exact) mass is 300 g/mol. The number of rotatable bonds is 8. The maximum absolute atomic E-state index is 9.93. The fourth-order valence-corrected chi connectivity index (χ4v) is 2.84. The van der Waals surface area contributed by atoms with Crippen LogP contribution in [-0.2, 0) is 11.3 Å². The molecule has 0 amide bonds. The summed E-state index contributed by atoms with van der Waals surface area (Å²) in [5.74, 6) is 1.19. The zero-order chi connectivity index (χ0) is 15.3. The van der Waals surface area contributed by atoms with Gasteiger partial charge < -0.3 is 14.4 Å². The van der Waals surface area contributed by atoms with Gasteiger partial charge >= 0.3 is 0 Å². The molecular weight excluding hydrogens is 272 g/mol. The van der Waals surface area contributed by atoms with Crippen molar-refractivity contribution in [2.24, 2.45) is 5.92 Å². The molecule has 5 heteroatoms. The second kappa shape index (κ2) is 8.05. The molecule has 0 aliphatic rings. The quantitative estimate of drug-likeness (QED) is 0.750. The molecule has 1 aromatic heterocycles. The van der Waals surface area contributed by atoms with E-state index >= 15 is 0 Å². The van der Waals surface area contributed by atoms with Crippen LogP contribution < -0.4 is 0 Å². The molecule has 0 saturated heterocycles. The molecule has 0 radical (unpaired) electrons. The van der Waals surface area contributed by atoms with Gasteiger partial charge in [-0.3, -0.25) is 0 Å². The van der Waals surface area contributed by atoms with Crippen molar-refractivity contribution in [1.29, 1.82) is 0 Å². The highest BCUT2D eigenvalue weighted by Gasteiger charge is 2.14. The van der Waals surface area contributed by atoms with Crippen molar-refractivity contribution < 1.29 is 9.84 Å². The first-order valence-electron chi connectivity index (χ1n) is 7.27. The van der Waals surface area contributed by atoms with Crippen molar-refractivity contribution in [2.45, 2.75) is 65.5 Å². The molecular formula is C15H28N2O2S. The number of ether oxygens (including phenoxy) is 1. The van der Waals surface area contributed by atoms with Crippen LogP contribution in [0.3, 0.4) is 0 Å². The molecule has 0 aliphatic heterocycles. The zero-order valence-electron chi connectivity index (χ0n) is 13.5. The number of aryl methyl sites for hydroxylation is 1. The van der Waals surface area contributed by atoms with E-state index in [1.807, 2.05) is 20.8 Å². The number of aromatic nitrogens is 2. The number of aliphatic hydroxyl groups is 1. The van der Waals surface area contributed by atoms with Gasteiger partial charge in [-0.2, -0.15) is 0 Å². The smallest absolute Gasteiger partial charge is 0.168 e. The van der Waals surface area contributed by atoms with Gasteiger partial charge in [-0.1, -0.05) is 25.6 Å². The van der Waals surface area contributed by atoms with Crippen molar-refractivity contribution >= 4 is 11.8 Å². The lowest BCUT2D eigenvalue weighted by molar-refractivity contribution is 0.0152. The molecule has 1 N–H and O–H groups in total. The Morgan fingerprint density at radius 2 is 1.90 bits per heavy atom. The Labute approximate surface area is 126 Å². The van der Waals surface area contributed by atoms with Gasteiger partial charge in [-0.05, 0) is 33.6 Å². The molecule has 20 heavy (non-hydrogen) atoms. The maximum atomic E-state index is 9.93. The lowest BCUT2D eigenvalue weighted by atomic mass is 10.2. The topological polar surface area (TPSA) is 47.3 Å². The second-order valence-electron chi connectivity index (χ2n) is 5.92. The van der Waals surface area contributed by atoms with E-state index in [0.717, 1.165) is 17.4 Å². The van der Waals surface area contributed by atoms with E-state index in [4.69, 9.17) is 4.74 Å². The first-order chi connectivity index (χ1) is 9.31. The van der Waals surface area contributed by atoms with Crippen molar-refractivity contribution in [1.82, 2.24) is 9.55 Å². The number of thioether (sulfide) groups is 1. The molecule has 0 spiro atoms. The van der Waals surface area contributed by atoms with Crippen LogP contribution in [0.25, 0.3) is 0 Å². The third-order valence-electron chi connectivity index (χ3n) is 3.00. The van der Waals surface area contributed by atoms with E-state index in [1.165, 1.54) is 5.69 Å². The van der Waals surface area contributed by atoms with Crippen LogP contribution in [-0.4, -0.2) is 39.2 Å². The summed E-state index contributed by atoms with van der Waals surface area (Å²) >= 11 is 1.61. The molecule has 1 rings (SSSR count). The summed E-state index contributed by atoms with van der Waals surface area (Å²) in [6.45, 7) is 13.8. The van der Waals surface area contributed by atoms with E-state index < -0.39 is 6.10 Å². The summed E-state index contributed by atoms with van der Waals surface area (Å²) in [4.78, 5) is 4.60. The van der Waals surface area contributed by atoms with Crippen molar-refractivity contribution in [2.75, 3.05) is 12.4 Å². The van der Waals surface area contributed by atoms with Gasteiger partial charge in [-0.25, -0.2) is 4.98 Å². The van der Waals surface area contributed by atoms with E-state index in [-0.39, 0.29) is 6.10 Å². The summed E-state index contributed by atoms with van der Waals surface area (Å²) in [5.41, 5.74) is 2.29. The highest BCUT2D eigenvalue weighted by Crippen LogP contribution is 2.23. The minimum Gasteiger partial charge on any atom is -0.390 e. The fraction of sp³-hybridized carbons (Fsp3) is 0.800. The van der Waals surface area contributed by atoms with Gasteiger partial charge in [0.2, 0.25) is 0 Å². The highest BCUT2D eigenvalue weighted by atomic mass is 32.2. The van der Waals surface area contributed by atoms with Gasteiger partial charge in [-0.15, -0.1) is 0 Å². The first kappa shape index (κ1) is 17.5. The van der Waals surface area contributed by atoms with E-state index in [1.54, 1.807) is 11.8 Å². The molecule has 1 heterocycles. The number of hydrogen-bond donors (Lipinski definition) is 1.